The molecule has 3 N–H and O–H groups in total. The standard InChI is InChI=1S/C16H27F4N3/c1-8-5-22-16(23-6-8)10-4-13(19)15(21-7-10)9-2-11(17)14(20)12(18)3-9/h8-16,21-23H,2-7H2,1H3. The van der Waals surface area contributed by atoms with Crippen LogP contribution in [0.25, 0.3) is 0 Å². The van der Waals surface area contributed by atoms with Gasteiger partial charge in [0.1, 0.15) is 18.5 Å². The van der Waals surface area contributed by atoms with Crippen molar-refractivity contribution in [3.8, 4) is 0 Å². The average Bonchev–Trinajstić information content (AvgIpc) is 2.53. The zero-order valence-electron chi connectivity index (χ0n) is 13.5. The fourth-order valence-electron chi connectivity index (χ4n) is 4.24. The lowest BCUT2D eigenvalue weighted by Gasteiger charge is -2.44. The van der Waals surface area contributed by atoms with E-state index in [9.17, 15) is 17.6 Å². The number of halogens is 4. The first-order chi connectivity index (χ1) is 11.0. The molecule has 3 aliphatic rings. The van der Waals surface area contributed by atoms with E-state index in [1.807, 2.05) is 0 Å². The molecule has 3 fully saturated rings. The number of hydrogen-bond donors (Lipinski definition) is 3. The van der Waals surface area contributed by atoms with Gasteiger partial charge in [0.2, 0.25) is 0 Å². The van der Waals surface area contributed by atoms with Crippen molar-refractivity contribution in [2.75, 3.05) is 19.6 Å². The van der Waals surface area contributed by atoms with Gasteiger partial charge in [-0.1, -0.05) is 6.92 Å². The minimum atomic E-state index is -2.06. The SMILES string of the molecule is CC1CNC(C2CNC(C3CC(F)C(F)C(F)C3)C(F)C2)NC1. The van der Waals surface area contributed by atoms with Crippen molar-refractivity contribution in [2.45, 2.75) is 63.1 Å². The molecule has 2 aliphatic heterocycles. The van der Waals surface area contributed by atoms with Crippen LogP contribution in [0.4, 0.5) is 17.6 Å². The third kappa shape index (κ3) is 3.82. The van der Waals surface area contributed by atoms with Gasteiger partial charge in [0.15, 0.2) is 6.17 Å². The summed E-state index contributed by atoms with van der Waals surface area (Å²) in [5.41, 5.74) is 0. The molecule has 0 amide bonds. The van der Waals surface area contributed by atoms with Crippen LogP contribution in [0.2, 0.25) is 0 Å². The third-order valence-corrected chi connectivity index (χ3v) is 5.63. The van der Waals surface area contributed by atoms with E-state index in [0.29, 0.717) is 18.9 Å². The van der Waals surface area contributed by atoms with E-state index in [0.717, 1.165) is 13.1 Å². The van der Waals surface area contributed by atoms with E-state index in [4.69, 9.17) is 0 Å². The Morgan fingerprint density at radius 2 is 1.26 bits per heavy atom. The highest BCUT2D eigenvalue weighted by atomic mass is 19.2. The zero-order valence-corrected chi connectivity index (χ0v) is 13.5. The molecule has 0 aromatic heterocycles. The largest absolute Gasteiger partial charge is 0.311 e. The quantitative estimate of drug-likeness (QED) is 0.674. The van der Waals surface area contributed by atoms with Gasteiger partial charge in [-0.15, -0.1) is 0 Å². The Labute approximate surface area is 135 Å². The van der Waals surface area contributed by atoms with Gasteiger partial charge in [-0.25, -0.2) is 17.6 Å². The number of rotatable bonds is 2. The third-order valence-electron chi connectivity index (χ3n) is 5.63. The van der Waals surface area contributed by atoms with Crippen molar-refractivity contribution in [1.29, 1.82) is 0 Å². The van der Waals surface area contributed by atoms with Crippen molar-refractivity contribution in [1.82, 2.24) is 16.0 Å². The summed E-state index contributed by atoms with van der Waals surface area (Å²) in [7, 11) is 0. The molecule has 23 heavy (non-hydrogen) atoms. The number of piperidine rings is 1. The van der Waals surface area contributed by atoms with Gasteiger partial charge in [0.05, 0.1) is 6.17 Å². The molecule has 2 saturated heterocycles. The molecule has 1 aliphatic carbocycles. The van der Waals surface area contributed by atoms with E-state index in [1.54, 1.807) is 0 Å². The zero-order chi connectivity index (χ0) is 16.6. The second-order valence-electron chi connectivity index (χ2n) is 7.55. The maximum absolute atomic E-state index is 14.6. The van der Waals surface area contributed by atoms with Crippen molar-refractivity contribution >= 4 is 0 Å². The summed E-state index contributed by atoms with van der Waals surface area (Å²) in [6, 6.07) is -0.572. The van der Waals surface area contributed by atoms with Crippen molar-refractivity contribution < 1.29 is 17.6 Å². The molecule has 7 heteroatoms. The molecule has 0 radical (unpaired) electrons. The molecule has 0 spiro atoms. The average molecular weight is 337 g/mol. The number of alkyl halides is 4. The Morgan fingerprint density at radius 1 is 0.696 bits per heavy atom. The minimum Gasteiger partial charge on any atom is -0.311 e. The fourth-order valence-corrected chi connectivity index (χ4v) is 4.24. The molecule has 0 aromatic rings. The summed E-state index contributed by atoms with van der Waals surface area (Å²) < 4.78 is 55.0. The summed E-state index contributed by atoms with van der Waals surface area (Å²) in [5.74, 6) is 0.180. The van der Waals surface area contributed by atoms with Gasteiger partial charge < -0.3 is 16.0 Å². The van der Waals surface area contributed by atoms with E-state index < -0.39 is 36.6 Å². The molecule has 2 heterocycles. The predicted octanol–water partition coefficient (Wildman–Crippen LogP) is 1.88. The lowest BCUT2D eigenvalue weighted by molar-refractivity contribution is -0.0112. The highest BCUT2D eigenvalue weighted by Crippen LogP contribution is 2.37. The van der Waals surface area contributed by atoms with Gasteiger partial charge in [0.25, 0.3) is 0 Å². The summed E-state index contributed by atoms with van der Waals surface area (Å²) in [6.45, 7) is 4.56. The van der Waals surface area contributed by atoms with Crippen molar-refractivity contribution in [3.63, 3.8) is 0 Å². The predicted molar refractivity (Wildman–Crippen MR) is 81.2 cm³/mol. The summed E-state index contributed by atoms with van der Waals surface area (Å²) in [6.07, 6.45) is -6.61. The van der Waals surface area contributed by atoms with Crippen LogP contribution < -0.4 is 16.0 Å². The van der Waals surface area contributed by atoms with Gasteiger partial charge in [-0.3, -0.25) is 0 Å². The van der Waals surface area contributed by atoms with Crippen LogP contribution in [0.1, 0.15) is 26.2 Å². The van der Waals surface area contributed by atoms with Crippen molar-refractivity contribution in [2.24, 2.45) is 17.8 Å². The first-order valence-corrected chi connectivity index (χ1v) is 8.72. The van der Waals surface area contributed by atoms with Crippen LogP contribution in [-0.2, 0) is 0 Å². The van der Waals surface area contributed by atoms with Gasteiger partial charge in [0, 0.05) is 31.6 Å². The van der Waals surface area contributed by atoms with Crippen LogP contribution >= 0.6 is 0 Å². The smallest absolute Gasteiger partial charge is 0.162 e. The second-order valence-corrected chi connectivity index (χ2v) is 7.55. The maximum Gasteiger partial charge on any atom is 0.162 e. The molecule has 134 valence electrons. The highest BCUT2D eigenvalue weighted by Gasteiger charge is 2.45. The summed E-state index contributed by atoms with van der Waals surface area (Å²) in [4.78, 5) is 0. The Hall–Kier alpha value is -0.400. The molecule has 0 bridgehead atoms. The first kappa shape index (κ1) is 17.4. The Morgan fingerprint density at radius 3 is 1.83 bits per heavy atom. The Balaban J connectivity index is 1.54. The van der Waals surface area contributed by atoms with Gasteiger partial charge >= 0.3 is 0 Å². The van der Waals surface area contributed by atoms with E-state index in [1.165, 1.54) is 0 Å². The molecular formula is C16H27F4N3. The van der Waals surface area contributed by atoms with Gasteiger partial charge in [-0.2, -0.15) is 0 Å². The normalized spacial score (nSPS) is 52.3. The molecule has 5 atom stereocenters. The lowest BCUT2D eigenvalue weighted by Crippen LogP contribution is -2.62. The first-order valence-electron chi connectivity index (χ1n) is 8.72. The van der Waals surface area contributed by atoms with Gasteiger partial charge in [-0.05, 0) is 31.1 Å². The highest BCUT2D eigenvalue weighted by molar-refractivity contribution is 4.98. The van der Waals surface area contributed by atoms with E-state index >= 15 is 0 Å². The lowest BCUT2D eigenvalue weighted by atomic mass is 9.76. The summed E-state index contributed by atoms with van der Waals surface area (Å²) >= 11 is 0. The van der Waals surface area contributed by atoms with Crippen molar-refractivity contribution in [3.05, 3.63) is 0 Å². The van der Waals surface area contributed by atoms with Crippen LogP contribution in [0, 0.1) is 17.8 Å². The molecule has 3 rings (SSSR count). The van der Waals surface area contributed by atoms with E-state index in [2.05, 4.69) is 22.9 Å². The topological polar surface area (TPSA) is 36.1 Å². The fraction of sp³-hybridized carbons (Fsp3) is 1.00. The molecule has 1 saturated carbocycles. The number of hydrogen-bond acceptors (Lipinski definition) is 3. The molecule has 5 unspecified atom stereocenters. The van der Waals surface area contributed by atoms with Crippen LogP contribution in [-0.4, -0.2) is 56.5 Å². The summed E-state index contributed by atoms with van der Waals surface area (Å²) in [5, 5.41) is 9.91. The molecule has 0 aromatic carbocycles. The monoisotopic (exact) mass is 337 g/mol. The Bertz CT molecular complexity index is 380. The van der Waals surface area contributed by atoms with Crippen LogP contribution in [0.15, 0.2) is 0 Å². The van der Waals surface area contributed by atoms with Crippen LogP contribution in [0.5, 0.6) is 0 Å². The maximum atomic E-state index is 14.6. The van der Waals surface area contributed by atoms with Crippen LogP contribution in [0.3, 0.4) is 0 Å². The second kappa shape index (κ2) is 7.23. The number of nitrogens with one attached hydrogen (secondary N) is 3. The molecule has 3 nitrogen and oxygen atoms in total. The Kier molecular flexibility index (Phi) is 5.48. The molecular weight excluding hydrogens is 310 g/mol. The van der Waals surface area contributed by atoms with E-state index in [-0.39, 0.29) is 24.9 Å². The minimum absolute atomic E-state index is 0.0716.